The van der Waals surface area contributed by atoms with Crippen molar-refractivity contribution in [3.8, 4) is 5.75 Å². The predicted molar refractivity (Wildman–Crippen MR) is 128 cm³/mol. The summed E-state index contributed by atoms with van der Waals surface area (Å²) in [5.74, 6) is 3.49. The topological polar surface area (TPSA) is 70.5 Å². The second kappa shape index (κ2) is 9.28. The number of hydrogen-bond donors (Lipinski definition) is 2. The molecule has 0 spiro atoms. The Balaban J connectivity index is 1.07. The summed E-state index contributed by atoms with van der Waals surface area (Å²) in [6.45, 7) is 0.0231. The van der Waals surface area contributed by atoms with Crippen LogP contribution in [-0.2, 0) is 19.5 Å². The standard InChI is InChI=1S/C27H34F2N4O2/c28-26(29)35-21-3-1-17(2-4-21)14-33-6-5-22-23(15-33)31-16-32-25(22)30-13-24(34)27-10-18-7-19(11-27)9-20(8-18)12-27/h1-4,16,18-20,24,26,34H,5-15H2,(H,30,31,32). The number of aliphatic hydroxyl groups excluding tert-OH is 1. The van der Waals surface area contributed by atoms with Gasteiger partial charge in [0.2, 0.25) is 0 Å². The summed E-state index contributed by atoms with van der Waals surface area (Å²) in [7, 11) is 0. The molecule has 1 aliphatic heterocycles. The third-order valence-corrected chi connectivity index (χ3v) is 8.90. The van der Waals surface area contributed by atoms with Crippen molar-refractivity contribution >= 4 is 5.82 Å². The molecule has 4 aliphatic carbocycles. The van der Waals surface area contributed by atoms with Crippen molar-refractivity contribution < 1.29 is 18.6 Å². The van der Waals surface area contributed by atoms with E-state index in [1.54, 1.807) is 18.5 Å². The van der Waals surface area contributed by atoms with E-state index >= 15 is 0 Å². The molecule has 188 valence electrons. The molecule has 1 unspecified atom stereocenters. The van der Waals surface area contributed by atoms with E-state index in [1.807, 2.05) is 12.1 Å². The molecule has 2 aromatic rings. The van der Waals surface area contributed by atoms with Gasteiger partial charge in [0, 0.05) is 31.7 Å². The molecular weight excluding hydrogens is 450 g/mol. The number of anilines is 1. The summed E-state index contributed by atoms with van der Waals surface area (Å²) < 4.78 is 29.2. The fourth-order valence-corrected chi connectivity index (χ4v) is 7.73. The van der Waals surface area contributed by atoms with Crippen molar-refractivity contribution in [2.45, 2.75) is 70.8 Å². The van der Waals surface area contributed by atoms with E-state index < -0.39 is 6.61 Å². The second-order valence-electron chi connectivity index (χ2n) is 11.3. The van der Waals surface area contributed by atoms with Gasteiger partial charge < -0.3 is 15.2 Å². The van der Waals surface area contributed by atoms with E-state index in [2.05, 4.69) is 24.9 Å². The van der Waals surface area contributed by atoms with E-state index in [4.69, 9.17) is 0 Å². The van der Waals surface area contributed by atoms with Crippen LogP contribution >= 0.6 is 0 Å². The fourth-order valence-electron chi connectivity index (χ4n) is 7.73. The number of alkyl halides is 2. The van der Waals surface area contributed by atoms with Gasteiger partial charge in [-0.1, -0.05) is 12.1 Å². The largest absolute Gasteiger partial charge is 0.435 e. The van der Waals surface area contributed by atoms with Crippen molar-refractivity contribution in [1.82, 2.24) is 14.9 Å². The monoisotopic (exact) mass is 484 g/mol. The van der Waals surface area contributed by atoms with Crippen LogP contribution in [-0.4, -0.2) is 45.8 Å². The maximum atomic E-state index is 12.4. The Labute approximate surface area is 205 Å². The molecular formula is C27H34F2N4O2. The molecule has 0 saturated heterocycles. The summed E-state index contributed by atoms with van der Waals surface area (Å²) in [6.07, 6.45) is 9.81. The van der Waals surface area contributed by atoms with Gasteiger partial charge in [-0.05, 0) is 85.8 Å². The number of aliphatic hydroxyl groups is 1. The number of hydrogen-bond acceptors (Lipinski definition) is 6. The van der Waals surface area contributed by atoms with Gasteiger partial charge in [-0.25, -0.2) is 9.97 Å². The van der Waals surface area contributed by atoms with Crippen LogP contribution in [0, 0.1) is 23.2 Å². The molecule has 2 N–H and O–H groups in total. The number of aromatic nitrogens is 2. The minimum Gasteiger partial charge on any atom is -0.435 e. The Hall–Kier alpha value is -2.32. The molecule has 0 radical (unpaired) electrons. The van der Waals surface area contributed by atoms with Gasteiger partial charge in [0.25, 0.3) is 0 Å². The lowest BCUT2D eigenvalue weighted by molar-refractivity contribution is -0.115. The van der Waals surface area contributed by atoms with Gasteiger partial charge in [0.15, 0.2) is 0 Å². The zero-order valence-electron chi connectivity index (χ0n) is 20.0. The van der Waals surface area contributed by atoms with E-state index in [-0.39, 0.29) is 17.3 Å². The maximum absolute atomic E-state index is 12.4. The van der Waals surface area contributed by atoms with Gasteiger partial charge in [-0.2, -0.15) is 8.78 Å². The average molecular weight is 485 g/mol. The minimum atomic E-state index is -2.81. The number of rotatable bonds is 8. The van der Waals surface area contributed by atoms with Crippen LogP contribution in [0.2, 0.25) is 0 Å². The highest BCUT2D eigenvalue weighted by Gasteiger charge is 2.53. The number of nitrogens with zero attached hydrogens (tertiary/aromatic N) is 3. The number of fused-ring (bicyclic) bond motifs is 1. The highest BCUT2D eigenvalue weighted by atomic mass is 19.3. The zero-order valence-corrected chi connectivity index (χ0v) is 20.0. The highest BCUT2D eigenvalue weighted by Crippen LogP contribution is 2.61. The van der Waals surface area contributed by atoms with Gasteiger partial charge >= 0.3 is 6.61 Å². The summed E-state index contributed by atoms with van der Waals surface area (Å²) in [5, 5.41) is 14.8. The Morgan fingerprint density at radius 3 is 2.40 bits per heavy atom. The molecule has 2 heterocycles. The molecule has 7 rings (SSSR count). The first kappa shape index (κ1) is 23.1. The second-order valence-corrected chi connectivity index (χ2v) is 11.3. The third-order valence-electron chi connectivity index (χ3n) is 8.90. The summed E-state index contributed by atoms with van der Waals surface area (Å²) in [4.78, 5) is 11.4. The first-order chi connectivity index (χ1) is 17.0. The van der Waals surface area contributed by atoms with Crippen molar-refractivity contribution in [3.05, 3.63) is 47.4 Å². The molecule has 4 fully saturated rings. The minimum absolute atomic E-state index is 0.0988. The maximum Gasteiger partial charge on any atom is 0.387 e. The van der Waals surface area contributed by atoms with Gasteiger partial charge in [-0.15, -0.1) is 0 Å². The Bertz CT molecular complexity index is 1010. The Morgan fingerprint density at radius 2 is 1.74 bits per heavy atom. The van der Waals surface area contributed by atoms with Crippen molar-refractivity contribution in [2.75, 3.05) is 18.4 Å². The number of halogens is 2. The molecule has 35 heavy (non-hydrogen) atoms. The zero-order chi connectivity index (χ0) is 24.0. The van der Waals surface area contributed by atoms with Crippen molar-refractivity contribution in [3.63, 3.8) is 0 Å². The van der Waals surface area contributed by atoms with E-state index in [9.17, 15) is 13.9 Å². The Morgan fingerprint density at radius 1 is 1.06 bits per heavy atom. The van der Waals surface area contributed by atoms with E-state index in [1.165, 1.54) is 38.5 Å². The quantitative estimate of drug-likeness (QED) is 0.570. The van der Waals surface area contributed by atoms with Gasteiger partial charge in [0.1, 0.15) is 17.9 Å². The molecule has 4 bridgehead atoms. The molecule has 1 aromatic heterocycles. The number of ether oxygens (including phenoxy) is 1. The molecule has 6 nitrogen and oxygen atoms in total. The molecule has 5 aliphatic rings. The predicted octanol–water partition coefficient (Wildman–Crippen LogP) is 4.63. The highest BCUT2D eigenvalue weighted by molar-refractivity contribution is 5.47. The summed E-state index contributed by atoms with van der Waals surface area (Å²) >= 11 is 0. The van der Waals surface area contributed by atoms with Crippen LogP contribution in [0.25, 0.3) is 0 Å². The number of nitrogens with one attached hydrogen (secondary N) is 1. The lowest BCUT2D eigenvalue weighted by atomic mass is 9.48. The van der Waals surface area contributed by atoms with Crippen LogP contribution < -0.4 is 10.1 Å². The first-order valence-corrected chi connectivity index (χ1v) is 13.0. The fraction of sp³-hybridized carbons (Fsp3) is 0.630. The van der Waals surface area contributed by atoms with Crippen LogP contribution in [0.5, 0.6) is 5.75 Å². The Kier molecular flexibility index (Phi) is 6.13. The normalized spacial score (nSPS) is 30.3. The molecule has 1 atom stereocenters. The SMILES string of the molecule is OC(CNc1ncnc2c1CCN(Cc1ccc(OC(F)F)cc1)C2)C12CC3CC(CC(C3)C1)C2. The number of benzene rings is 1. The van der Waals surface area contributed by atoms with E-state index in [0.29, 0.717) is 19.6 Å². The lowest BCUT2D eigenvalue weighted by Gasteiger charge is -2.58. The lowest BCUT2D eigenvalue weighted by Crippen LogP contribution is -2.53. The summed E-state index contributed by atoms with van der Waals surface area (Å²) in [6, 6.07) is 6.81. The van der Waals surface area contributed by atoms with Crippen LogP contribution in [0.1, 0.15) is 55.3 Å². The van der Waals surface area contributed by atoms with Crippen LogP contribution in [0.4, 0.5) is 14.6 Å². The third kappa shape index (κ3) is 4.75. The average Bonchev–Trinajstić information content (AvgIpc) is 2.82. The van der Waals surface area contributed by atoms with E-state index in [0.717, 1.165) is 53.4 Å². The summed E-state index contributed by atoms with van der Waals surface area (Å²) in [5.41, 5.74) is 3.29. The first-order valence-electron chi connectivity index (χ1n) is 13.0. The molecule has 4 saturated carbocycles. The molecule has 1 aromatic carbocycles. The van der Waals surface area contributed by atoms with Crippen LogP contribution in [0.3, 0.4) is 0 Å². The van der Waals surface area contributed by atoms with Gasteiger partial charge in [-0.3, -0.25) is 4.90 Å². The van der Waals surface area contributed by atoms with Crippen LogP contribution in [0.15, 0.2) is 30.6 Å². The smallest absolute Gasteiger partial charge is 0.387 e. The molecule has 0 amide bonds. The van der Waals surface area contributed by atoms with Crippen molar-refractivity contribution in [1.29, 1.82) is 0 Å². The van der Waals surface area contributed by atoms with Crippen molar-refractivity contribution in [2.24, 2.45) is 23.2 Å². The van der Waals surface area contributed by atoms with Gasteiger partial charge in [0.05, 0.1) is 11.8 Å². The molecule has 8 heteroatoms.